The molecule has 1 N–H and O–H groups in total. The van der Waals surface area contributed by atoms with E-state index in [9.17, 15) is 18.0 Å². The minimum absolute atomic E-state index is 0.332. The van der Waals surface area contributed by atoms with E-state index >= 15 is 0 Å². The van der Waals surface area contributed by atoms with Gasteiger partial charge in [0.15, 0.2) is 0 Å². The van der Waals surface area contributed by atoms with Crippen molar-refractivity contribution in [3.05, 3.63) is 52.5 Å². The molecule has 2 amide bonds. The molecule has 0 atom stereocenters. The van der Waals surface area contributed by atoms with E-state index in [1.165, 1.54) is 12.1 Å². The molecule has 1 saturated heterocycles. The lowest BCUT2D eigenvalue weighted by molar-refractivity contribution is -0.274. The number of urea groups is 1. The zero-order chi connectivity index (χ0) is 20.3. The van der Waals surface area contributed by atoms with E-state index in [0.29, 0.717) is 41.9 Å². The van der Waals surface area contributed by atoms with Gasteiger partial charge in [0.25, 0.3) is 0 Å². The molecule has 5 nitrogen and oxygen atoms in total. The first-order valence-corrected chi connectivity index (χ1v) is 9.09. The number of rotatable bonds is 3. The SMILES string of the molecule is O=C(Nc1ccc(OC(F)(F)F)cc1)N1CCN(c2cccc(Cl)c2Cl)CC1. The highest BCUT2D eigenvalue weighted by Crippen LogP contribution is 2.33. The van der Waals surface area contributed by atoms with Crippen LogP contribution in [0.15, 0.2) is 42.5 Å². The van der Waals surface area contributed by atoms with Gasteiger partial charge in [-0.1, -0.05) is 29.3 Å². The van der Waals surface area contributed by atoms with E-state index in [-0.39, 0.29) is 11.8 Å². The summed E-state index contributed by atoms with van der Waals surface area (Å²) in [5.74, 6) is -0.350. The number of carbonyl (C=O) groups is 1. The van der Waals surface area contributed by atoms with Crippen LogP contribution < -0.4 is 15.0 Å². The summed E-state index contributed by atoms with van der Waals surface area (Å²) < 4.78 is 40.3. The summed E-state index contributed by atoms with van der Waals surface area (Å²) in [6.07, 6.45) is -4.75. The van der Waals surface area contributed by atoms with Gasteiger partial charge in [0.1, 0.15) is 5.75 Å². The van der Waals surface area contributed by atoms with Crippen molar-refractivity contribution in [2.24, 2.45) is 0 Å². The molecule has 0 unspecified atom stereocenters. The molecule has 1 aliphatic heterocycles. The molecule has 1 aliphatic rings. The molecule has 1 fully saturated rings. The average Bonchev–Trinajstić information content (AvgIpc) is 2.64. The van der Waals surface area contributed by atoms with Gasteiger partial charge in [-0.05, 0) is 36.4 Å². The highest BCUT2D eigenvalue weighted by atomic mass is 35.5. The lowest BCUT2D eigenvalue weighted by Crippen LogP contribution is -2.50. The number of piperazine rings is 1. The second-order valence-electron chi connectivity index (χ2n) is 6.05. The van der Waals surface area contributed by atoms with Gasteiger partial charge in [-0.25, -0.2) is 4.79 Å². The van der Waals surface area contributed by atoms with Crippen LogP contribution in [0.3, 0.4) is 0 Å². The largest absolute Gasteiger partial charge is 0.573 e. The van der Waals surface area contributed by atoms with Gasteiger partial charge in [0.05, 0.1) is 15.7 Å². The van der Waals surface area contributed by atoms with Gasteiger partial charge < -0.3 is 19.9 Å². The van der Waals surface area contributed by atoms with Crippen molar-refractivity contribution in [3.8, 4) is 5.75 Å². The molecule has 1 heterocycles. The maximum Gasteiger partial charge on any atom is 0.573 e. The van der Waals surface area contributed by atoms with Gasteiger partial charge in [-0.3, -0.25) is 0 Å². The molecule has 0 aromatic heterocycles. The maximum atomic E-state index is 12.4. The molecule has 150 valence electrons. The highest BCUT2D eigenvalue weighted by molar-refractivity contribution is 6.43. The number of halogens is 5. The maximum absolute atomic E-state index is 12.4. The predicted molar refractivity (Wildman–Crippen MR) is 102 cm³/mol. The number of carbonyl (C=O) groups excluding carboxylic acids is 1. The van der Waals surface area contributed by atoms with Gasteiger partial charge >= 0.3 is 12.4 Å². The first kappa shape index (κ1) is 20.4. The molecular formula is C18H16Cl2F3N3O2. The van der Waals surface area contributed by atoms with E-state index in [1.807, 2.05) is 17.0 Å². The van der Waals surface area contributed by atoms with Crippen molar-refractivity contribution in [1.29, 1.82) is 0 Å². The monoisotopic (exact) mass is 433 g/mol. The van der Waals surface area contributed by atoms with Crippen LogP contribution in [0.1, 0.15) is 0 Å². The Morgan fingerprint density at radius 1 is 1.00 bits per heavy atom. The van der Waals surface area contributed by atoms with Crippen LogP contribution in [0, 0.1) is 0 Å². The number of amides is 2. The van der Waals surface area contributed by atoms with E-state index in [1.54, 1.807) is 11.0 Å². The molecule has 10 heteroatoms. The summed E-state index contributed by atoms with van der Waals surface area (Å²) in [4.78, 5) is 16.0. The molecule has 0 bridgehead atoms. The fourth-order valence-electron chi connectivity index (χ4n) is 2.83. The van der Waals surface area contributed by atoms with Crippen molar-refractivity contribution in [3.63, 3.8) is 0 Å². The van der Waals surface area contributed by atoms with Crippen molar-refractivity contribution in [1.82, 2.24) is 4.90 Å². The Morgan fingerprint density at radius 3 is 2.25 bits per heavy atom. The fraction of sp³-hybridized carbons (Fsp3) is 0.278. The Balaban J connectivity index is 1.55. The Morgan fingerprint density at radius 2 is 1.64 bits per heavy atom. The van der Waals surface area contributed by atoms with E-state index in [4.69, 9.17) is 23.2 Å². The summed E-state index contributed by atoms with van der Waals surface area (Å²) in [6.45, 7) is 2.07. The molecule has 0 radical (unpaired) electrons. The summed E-state index contributed by atoms with van der Waals surface area (Å²) in [5, 5.41) is 3.61. The zero-order valence-electron chi connectivity index (χ0n) is 14.5. The number of hydrogen-bond donors (Lipinski definition) is 1. The van der Waals surface area contributed by atoms with Crippen LogP contribution in [0.4, 0.5) is 29.3 Å². The summed E-state index contributed by atoms with van der Waals surface area (Å²) in [6, 6.07) is 10.0. The summed E-state index contributed by atoms with van der Waals surface area (Å²) >= 11 is 12.3. The normalized spacial score (nSPS) is 14.8. The van der Waals surface area contributed by atoms with Crippen LogP contribution in [0.2, 0.25) is 10.0 Å². The Bertz CT molecular complexity index is 839. The number of nitrogens with one attached hydrogen (secondary N) is 1. The van der Waals surface area contributed by atoms with Crippen molar-refractivity contribution >= 4 is 40.6 Å². The molecule has 0 aliphatic carbocycles. The van der Waals surface area contributed by atoms with Crippen LogP contribution in [-0.2, 0) is 0 Å². The van der Waals surface area contributed by atoms with E-state index in [0.717, 1.165) is 17.8 Å². The number of hydrogen-bond acceptors (Lipinski definition) is 3. The number of alkyl halides is 3. The lowest BCUT2D eigenvalue weighted by atomic mass is 10.2. The van der Waals surface area contributed by atoms with Crippen molar-refractivity contribution < 1.29 is 22.7 Å². The van der Waals surface area contributed by atoms with Crippen molar-refractivity contribution in [2.45, 2.75) is 6.36 Å². The molecule has 3 rings (SSSR count). The topological polar surface area (TPSA) is 44.8 Å². The summed E-state index contributed by atoms with van der Waals surface area (Å²) in [5.41, 5.74) is 1.19. The average molecular weight is 434 g/mol. The molecular weight excluding hydrogens is 418 g/mol. The molecule has 2 aromatic carbocycles. The first-order valence-electron chi connectivity index (χ1n) is 8.33. The third kappa shape index (κ3) is 5.14. The van der Waals surface area contributed by atoms with Crippen LogP contribution in [-0.4, -0.2) is 43.5 Å². The summed E-state index contributed by atoms with van der Waals surface area (Å²) in [7, 11) is 0. The number of ether oxygens (including phenoxy) is 1. The number of benzene rings is 2. The third-order valence-corrected chi connectivity index (χ3v) is 4.99. The first-order chi connectivity index (χ1) is 13.2. The van der Waals surface area contributed by atoms with Gasteiger partial charge in [0.2, 0.25) is 0 Å². The highest BCUT2D eigenvalue weighted by Gasteiger charge is 2.31. The molecule has 2 aromatic rings. The van der Waals surface area contributed by atoms with E-state index in [2.05, 4.69) is 10.1 Å². The van der Waals surface area contributed by atoms with Crippen molar-refractivity contribution in [2.75, 3.05) is 36.4 Å². The minimum Gasteiger partial charge on any atom is -0.406 e. The number of nitrogens with zero attached hydrogens (tertiary/aromatic N) is 2. The third-order valence-electron chi connectivity index (χ3n) is 4.18. The smallest absolute Gasteiger partial charge is 0.406 e. The Kier molecular flexibility index (Phi) is 6.10. The van der Waals surface area contributed by atoms with E-state index < -0.39 is 6.36 Å². The standard InChI is InChI=1S/C18H16Cl2F3N3O2/c19-14-2-1-3-15(16(14)20)25-8-10-26(11-9-25)17(27)24-12-4-6-13(7-5-12)28-18(21,22)23/h1-7H,8-11H2,(H,24,27). The van der Waals surface area contributed by atoms with Gasteiger partial charge in [-0.15, -0.1) is 13.2 Å². The number of anilines is 2. The molecule has 28 heavy (non-hydrogen) atoms. The lowest BCUT2D eigenvalue weighted by Gasteiger charge is -2.36. The second kappa shape index (κ2) is 8.36. The van der Waals surface area contributed by atoms with Gasteiger partial charge in [-0.2, -0.15) is 0 Å². The van der Waals surface area contributed by atoms with Gasteiger partial charge in [0, 0.05) is 31.9 Å². The van der Waals surface area contributed by atoms with Crippen LogP contribution >= 0.6 is 23.2 Å². The molecule has 0 saturated carbocycles. The zero-order valence-corrected chi connectivity index (χ0v) is 16.0. The Labute approximate surface area is 169 Å². The van der Waals surface area contributed by atoms with Crippen LogP contribution in [0.5, 0.6) is 5.75 Å². The minimum atomic E-state index is -4.75. The fourth-order valence-corrected chi connectivity index (χ4v) is 3.24. The van der Waals surface area contributed by atoms with Crippen LogP contribution in [0.25, 0.3) is 0 Å². The molecule has 0 spiro atoms. The Hall–Kier alpha value is -2.32. The quantitative estimate of drug-likeness (QED) is 0.718. The second-order valence-corrected chi connectivity index (χ2v) is 6.83. The predicted octanol–water partition coefficient (Wildman–Crippen LogP) is 5.25.